The fourth-order valence-electron chi connectivity index (χ4n) is 2.72. The monoisotopic (exact) mass is 415 g/mol. The van der Waals surface area contributed by atoms with E-state index >= 15 is 0 Å². The number of nitrogens with zero attached hydrogens (tertiary/aromatic N) is 2. The Morgan fingerprint density at radius 3 is 2.73 bits per heavy atom. The standard InChI is InChI=1S/C21H25N3O6/c1-3-4-5-6-10-30-20-18(24(27)28)11-15(12-19(20)29-2)14-22-23-17-9-7-8-16(13-17)21(25)26/h7-9,11-14,23H,3-6,10H2,1-2H3,(H,25,26)/b22-14+. The zero-order valence-corrected chi connectivity index (χ0v) is 17.0. The highest BCUT2D eigenvalue weighted by atomic mass is 16.6. The van der Waals surface area contributed by atoms with Crippen LogP contribution >= 0.6 is 0 Å². The molecule has 0 aliphatic rings. The van der Waals surface area contributed by atoms with E-state index in [4.69, 9.17) is 14.6 Å². The van der Waals surface area contributed by atoms with Crippen LogP contribution in [0.2, 0.25) is 0 Å². The van der Waals surface area contributed by atoms with Gasteiger partial charge in [0.15, 0.2) is 5.75 Å². The second kappa shape index (κ2) is 11.4. The number of unbranched alkanes of at least 4 members (excludes halogenated alkanes) is 3. The largest absolute Gasteiger partial charge is 0.493 e. The molecule has 30 heavy (non-hydrogen) atoms. The van der Waals surface area contributed by atoms with Gasteiger partial charge in [-0.1, -0.05) is 32.3 Å². The molecule has 0 fully saturated rings. The fraction of sp³-hybridized carbons (Fsp3) is 0.333. The number of carboxylic acids is 1. The molecule has 0 unspecified atom stereocenters. The lowest BCUT2D eigenvalue weighted by Gasteiger charge is -2.12. The molecule has 9 nitrogen and oxygen atoms in total. The van der Waals surface area contributed by atoms with Gasteiger partial charge in [-0.15, -0.1) is 0 Å². The maximum Gasteiger partial charge on any atom is 0.335 e. The van der Waals surface area contributed by atoms with Gasteiger partial charge in [-0.05, 0) is 30.7 Å². The summed E-state index contributed by atoms with van der Waals surface area (Å²) in [5, 5.41) is 24.6. The zero-order valence-electron chi connectivity index (χ0n) is 17.0. The van der Waals surface area contributed by atoms with Gasteiger partial charge in [-0.3, -0.25) is 15.5 Å². The number of benzene rings is 2. The molecule has 9 heteroatoms. The Morgan fingerprint density at radius 2 is 2.07 bits per heavy atom. The molecule has 0 saturated heterocycles. The van der Waals surface area contributed by atoms with E-state index in [1.807, 2.05) is 0 Å². The summed E-state index contributed by atoms with van der Waals surface area (Å²) in [7, 11) is 1.42. The highest BCUT2D eigenvalue weighted by molar-refractivity contribution is 5.89. The number of nitrogens with one attached hydrogen (secondary N) is 1. The first-order valence-corrected chi connectivity index (χ1v) is 9.58. The van der Waals surface area contributed by atoms with Crippen LogP contribution in [0.15, 0.2) is 41.5 Å². The number of hydrazone groups is 1. The van der Waals surface area contributed by atoms with Gasteiger partial charge in [0.1, 0.15) is 0 Å². The Hall–Kier alpha value is -3.62. The van der Waals surface area contributed by atoms with Crippen LogP contribution in [0.5, 0.6) is 11.5 Å². The third kappa shape index (κ3) is 6.47. The minimum atomic E-state index is -1.05. The second-order valence-electron chi connectivity index (χ2n) is 6.49. The molecule has 0 amide bonds. The van der Waals surface area contributed by atoms with E-state index in [1.54, 1.807) is 18.2 Å². The van der Waals surface area contributed by atoms with Crippen LogP contribution in [0.4, 0.5) is 11.4 Å². The first-order valence-electron chi connectivity index (χ1n) is 9.58. The number of nitro groups is 1. The van der Waals surface area contributed by atoms with Gasteiger partial charge in [-0.2, -0.15) is 5.10 Å². The van der Waals surface area contributed by atoms with Gasteiger partial charge in [0.2, 0.25) is 5.75 Å². The van der Waals surface area contributed by atoms with E-state index in [1.165, 1.54) is 31.5 Å². The first-order chi connectivity index (χ1) is 14.5. The molecule has 2 rings (SSSR count). The Kier molecular flexibility index (Phi) is 8.61. The Bertz CT molecular complexity index is 914. The summed E-state index contributed by atoms with van der Waals surface area (Å²) in [6.07, 6.45) is 5.35. The average molecular weight is 415 g/mol. The number of hydrogen-bond acceptors (Lipinski definition) is 7. The van der Waals surface area contributed by atoms with Crippen LogP contribution in [-0.2, 0) is 0 Å². The van der Waals surface area contributed by atoms with Crippen molar-refractivity contribution in [3.8, 4) is 11.5 Å². The van der Waals surface area contributed by atoms with Crippen LogP contribution in [0.3, 0.4) is 0 Å². The number of nitro benzene ring substituents is 1. The predicted molar refractivity (Wildman–Crippen MR) is 114 cm³/mol. The van der Waals surface area contributed by atoms with Crippen molar-refractivity contribution in [3.63, 3.8) is 0 Å². The van der Waals surface area contributed by atoms with Crippen LogP contribution in [0, 0.1) is 10.1 Å². The molecule has 0 radical (unpaired) electrons. The van der Waals surface area contributed by atoms with Gasteiger partial charge in [0.25, 0.3) is 0 Å². The Balaban J connectivity index is 2.17. The summed E-state index contributed by atoms with van der Waals surface area (Å²) in [6, 6.07) is 9.07. The fourth-order valence-corrected chi connectivity index (χ4v) is 2.72. The van der Waals surface area contributed by atoms with Gasteiger partial charge in [-0.25, -0.2) is 4.79 Å². The number of methoxy groups -OCH3 is 1. The minimum Gasteiger partial charge on any atom is -0.493 e. The van der Waals surface area contributed by atoms with Crippen molar-refractivity contribution in [2.24, 2.45) is 5.10 Å². The lowest BCUT2D eigenvalue weighted by atomic mass is 10.1. The molecule has 0 saturated carbocycles. The molecule has 0 aliphatic heterocycles. The first kappa shape index (κ1) is 22.7. The van der Waals surface area contributed by atoms with Gasteiger partial charge < -0.3 is 14.6 Å². The van der Waals surface area contributed by atoms with E-state index in [2.05, 4.69) is 17.5 Å². The lowest BCUT2D eigenvalue weighted by Crippen LogP contribution is -2.04. The number of anilines is 1. The molecule has 0 aromatic heterocycles. The SMILES string of the molecule is CCCCCCOc1c(OC)cc(/C=N/Nc2cccc(C(=O)O)c2)cc1[N+](=O)[O-]. The average Bonchev–Trinajstić information content (AvgIpc) is 2.73. The summed E-state index contributed by atoms with van der Waals surface area (Å²) < 4.78 is 10.9. The van der Waals surface area contributed by atoms with Crippen molar-refractivity contribution in [2.75, 3.05) is 19.1 Å². The minimum absolute atomic E-state index is 0.0956. The molecule has 0 heterocycles. The summed E-state index contributed by atoms with van der Waals surface area (Å²) >= 11 is 0. The van der Waals surface area contributed by atoms with E-state index in [9.17, 15) is 14.9 Å². The number of hydrogen-bond donors (Lipinski definition) is 2. The number of carbonyl (C=O) groups is 1. The van der Waals surface area contributed by atoms with Gasteiger partial charge in [0, 0.05) is 11.6 Å². The van der Waals surface area contributed by atoms with Crippen LogP contribution in [0.1, 0.15) is 48.5 Å². The smallest absolute Gasteiger partial charge is 0.335 e. The third-order valence-electron chi connectivity index (χ3n) is 4.24. The van der Waals surface area contributed by atoms with Crippen LogP contribution < -0.4 is 14.9 Å². The zero-order chi connectivity index (χ0) is 21.9. The van der Waals surface area contributed by atoms with Crippen molar-refractivity contribution >= 4 is 23.6 Å². The summed E-state index contributed by atoms with van der Waals surface area (Å²) in [5.74, 6) is -0.708. The molecule has 2 aromatic carbocycles. The summed E-state index contributed by atoms with van der Waals surface area (Å²) in [5.41, 5.74) is 3.52. The summed E-state index contributed by atoms with van der Waals surface area (Å²) in [6.45, 7) is 2.47. The Labute approximate surface area is 174 Å². The Morgan fingerprint density at radius 1 is 1.27 bits per heavy atom. The van der Waals surface area contributed by atoms with E-state index < -0.39 is 10.9 Å². The van der Waals surface area contributed by atoms with Gasteiger partial charge >= 0.3 is 11.7 Å². The number of ether oxygens (including phenoxy) is 2. The van der Waals surface area contributed by atoms with Crippen molar-refractivity contribution in [3.05, 3.63) is 57.6 Å². The predicted octanol–water partition coefficient (Wildman–Crippen LogP) is 4.71. The molecule has 2 N–H and O–H groups in total. The molecular formula is C21H25N3O6. The van der Waals surface area contributed by atoms with E-state index in [0.717, 1.165) is 25.7 Å². The number of rotatable bonds is 12. The van der Waals surface area contributed by atoms with Crippen molar-refractivity contribution in [1.29, 1.82) is 0 Å². The molecule has 0 atom stereocenters. The van der Waals surface area contributed by atoms with Crippen molar-refractivity contribution < 1.29 is 24.3 Å². The van der Waals surface area contributed by atoms with Crippen molar-refractivity contribution in [1.82, 2.24) is 0 Å². The molecule has 0 spiro atoms. The number of carboxylic acid groups (broad SMARTS) is 1. The summed E-state index contributed by atoms with van der Waals surface area (Å²) in [4.78, 5) is 22.0. The lowest BCUT2D eigenvalue weighted by molar-refractivity contribution is -0.386. The molecule has 0 bridgehead atoms. The maximum absolute atomic E-state index is 11.5. The molecule has 0 aliphatic carbocycles. The molecule has 2 aromatic rings. The number of aromatic carboxylic acids is 1. The third-order valence-corrected chi connectivity index (χ3v) is 4.24. The van der Waals surface area contributed by atoms with E-state index in [-0.39, 0.29) is 22.7 Å². The van der Waals surface area contributed by atoms with E-state index in [0.29, 0.717) is 17.9 Å². The van der Waals surface area contributed by atoms with Crippen LogP contribution in [0.25, 0.3) is 0 Å². The van der Waals surface area contributed by atoms with Crippen LogP contribution in [-0.4, -0.2) is 35.9 Å². The molecular weight excluding hydrogens is 390 g/mol. The molecule has 160 valence electrons. The quantitative estimate of drug-likeness (QED) is 0.223. The highest BCUT2D eigenvalue weighted by Crippen LogP contribution is 2.38. The highest BCUT2D eigenvalue weighted by Gasteiger charge is 2.22. The van der Waals surface area contributed by atoms with Crippen molar-refractivity contribution in [2.45, 2.75) is 32.6 Å². The normalized spacial score (nSPS) is 10.7. The van der Waals surface area contributed by atoms with Gasteiger partial charge in [0.05, 0.1) is 36.1 Å². The topological polar surface area (TPSA) is 123 Å². The second-order valence-corrected chi connectivity index (χ2v) is 6.49. The maximum atomic E-state index is 11.5.